The number of aromatic nitrogens is 1. The number of fused-ring (bicyclic) bond motifs is 1. The van der Waals surface area contributed by atoms with Gasteiger partial charge in [0, 0.05) is 50.2 Å². The maximum atomic E-state index is 13.7. The minimum atomic E-state index is -0.689. The molecule has 3 rings (SSSR count). The van der Waals surface area contributed by atoms with Crippen molar-refractivity contribution in [1.29, 1.82) is 0 Å². The fraction of sp³-hybridized carbons (Fsp3) is 0.681. The summed E-state index contributed by atoms with van der Waals surface area (Å²) in [5.41, 5.74) is 6.42. The number of nitrogen functional groups attached to an aromatic ring is 1. The van der Waals surface area contributed by atoms with Gasteiger partial charge in [-0.15, -0.1) is 9.06 Å². The van der Waals surface area contributed by atoms with E-state index in [1.807, 2.05) is 0 Å². The van der Waals surface area contributed by atoms with E-state index < -0.39 is 23.4 Å². The average molecular weight is 1070 g/mol. The van der Waals surface area contributed by atoms with Crippen LogP contribution in [0.5, 0.6) is 11.8 Å². The minimum Gasteiger partial charge on any atom is -0.492 e. The van der Waals surface area contributed by atoms with Crippen molar-refractivity contribution in [3.63, 3.8) is 0 Å². The number of anilines is 1. The van der Waals surface area contributed by atoms with Gasteiger partial charge < -0.3 is 86.9 Å². The van der Waals surface area contributed by atoms with Crippen LogP contribution in [0.4, 0.5) is 5.69 Å². The van der Waals surface area contributed by atoms with Crippen LogP contribution >= 0.6 is 12.0 Å². The zero-order valence-electron chi connectivity index (χ0n) is 42.0. The number of methoxy groups -OCH3 is 1. The molecule has 0 saturated carbocycles. The SMILES string of the molecule is COCCOCCOCCOCCOCCOCCOCCOCCOCCOCCOCCOCCN(CCCCCC(=O)On1c(O)ccc1O)C(=O)Cc1c(C)c2cc(SOOO)c(N)cc2oc1=O. The second-order valence-electron chi connectivity index (χ2n) is 15.5. The Bertz CT molecular complexity index is 1950. The molecule has 0 spiro atoms. The van der Waals surface area contributed by atoms with Gasteiger partial charge in [0.15, 0.2) is 0 Å². The van der Waals surface area contributed by atoms with Crippen molar-refractivity contribution < 1.29 is 101 Å². The Morgan fingerprint density at radius 3 is 1.51 bits per heavy atom. The molecule has 1 aromatic carbocycles. The second kappa shape index (κ2) is 41.1. The Labute approximate surface area is 429 Å². The van der Waals surface area contributed by atoms with Crippen LogP contribution in [-0.4, -0.2) is 209 Å². The Balaban J connectivity index is 1.20. The molecule has 0 saturated heterocycles. The molecule has 0 bridgehead atoms. The highest BCUT2D eigenvalue weighted by Crippen LogP contribution is 2.32. The van der Waals surface area contributed by atoms with E-state index in [0.29, 0.717) is 197 Å². The topological polar surface area (TPSA) is 298 Å². The number of nitrogens with zero attached hydrogens (tertiary/aromatic N) is 2. The summed E-state index contributed by atoms with van der Waals surface area (Å²) >= 11 is 0.652. The molecule has 0 atom stereocenters. The molecule has 0 aliphatic carbocycles. The van der Waals surface area contributed by atoms with Crippen LogP contribution in [0.1, 0.15) is 36.8 Å². The van der Waals surface area contributed by atoms with E-state index in [9.17, 15) is 24.6 Å². The first-order valence-electron chi connectivity index (χ1n) is 24.1. The lowest BCUT2D eigenvalue weighted by atomic mass is 10.0. The van der Waals surface area contributed by atoms with Gasteiger partial charge in [-0.25, -0.2) is 14.8 Å². The number of hydrogen-bond donors (Lipinski definition) is 4. The van der Waals surface area contributed by atoms with Crippen LogP contribution in [0.2, 0.25) is 0 Å². The number of hydrogen-bond acceptors (Lipinski definition) is 24. The normalized spacial score (nSPS) is 11.5. The molecule has 0 radical (unpaired) electrons. The maximum absolute atomic E-state index is 13.7. The molecule has 26 heteroatoms. The van der Waals surface area contributed by atoms with Crippen LogP contribution in [0, 0.1) is 6.92 Å². The maximum Gasteiger partial charge on any atom is 0.340 e. The highest BCUT2D eigenvalue weighted by Gasteiger charge is 2.21. The lowest BCUT2D eigenvalue weighted by Crippen LogP contribution is -2.37. The summed E-state index contributed by atoms with van der Waals surface area (Å²) in [5, 5.41) is 32.2. The molecular weight excluding hydrogens is 991 g/mol. The Morgan fingerprint density at radius 2 is 1.07 bits per heavy atom. The van der Waals surface area contributed by atoms with Crippen LogP contribution in [0.15, 0.2) is 38.4 Å². The molecule has 3 aromatic rings. The van der Waals surface area contributed by atoms with Gasteiger partial charge in [-0.3, -0.25) is 4.79 Å². The van der Waals surface area contributed by atoms with Gasteiger partial charge >= 0.3 is 11.6 Å². The molecule has 25 nitrogen and oxygen atoms in total. The fourth-order valence-corrected chi connectivity index (χ4v) is 6.82. The zero-order chi connectivity index (χ0) is 52.6. The van der Waals surface area contributed by atoms with E-state index >= 15 is 0 Å². The molecule has 416 valence electrons. The van der Waals surface area contributed by atoms with Crippen LogP contribution < -0.4 is 16.2 Å². The van der Waals surface area contributed by atoms with Gasteiger partial charge in [-0.1, -0.05) is 11.5 Å². The van der Waals surface area contributed by atoms with E-state index in [1.54, 1.807) is 25.0 Å². The molecule has 0 fully saturated rings. The number of carbonyl (C=O) groups is 2. The van der Waals surface area contributed by atoms with Crippen LogP contribution in [0.3, 0.4) is 0 Å². The molecule has 1 amide bonds. The summed E-state index contributed by atoms with van der Waals surface area (Å²) in [6.07, 6.45) is 1.19. The summed E-state index contributed by atoms with van der Waals surface area (Å²) in [6.45, 7) is 12.2. The first kappa shape index (κ1) is 63.1. The summed E-state index contributed by atoms with van der Waals surface area (Å²) in [7, 11) is 1.63. The standard InChI is InChI=1S/C47H75N3O22S/c1-37-38-34-42(73-72-71-56)40(48)36-41(38)69-47(55)39(37)35-45(53)49(9-5-3-4-6-46(54)70-50-43(51)7-8-44(50)52)10-11-58-14-15-60-18-19-62-22-23-64-26-27-66-30-31-68-33-32-67-29-28-65-25-24-63-21-20-61-17-16-59-13-12-57-2/h7-8,34,36,51-52,56H,3-6,9-33,35,48H2,1-2H3. The number of nitrogens with two attached hydrogens (primary N) is 1. The van der Waals surface area contributed by atoms with Gasteiger partial charge in [-0.2, -0.15) is 0 Å². The molecular formula is C47H75N3O22S. The lowest BCUT2D eigenvalue weighted by Gasteiger charge is -2.23. The van der Waals surface area contributed by atoms with E-state index in [1.165, 1.54) is 18.2 Å². The van der Waals surface area contributed by atoms with Gasteiger partial charge in [0.25, 0.3) is 0 Å². The zero-order valence-corrected chi connectivity index (χ0v) is 42.8. The predicted molar refractivity (Wildman–Crippen MR) is 261 cm³/mol. The highest BCUT2D eigenvalue weighted by atomic mass is 32.2. The number of amides is 1. The van der Waals surface area contributed by atoms with Crippen molar-refractivity contribution in [3.05, 3.63) is 45.8 Å². The Morgan fingerprint density at radius 1 is 0.630 bits per heavy atom. The van der Waals surface area contributed by atoms with E-state index in [-0.39, 0.29) is 55.3 Å². The van der Waals surface area contributed by atoms with Gasteiger partial charge in [0.05, 0.1) is 187 Å². The van der Waals surface area contributed by atoms with Crippen molar-refractivity contribution in [2.75, 3.05) is 178 Å². The summed E-state index contributed by atoms with van der Waals surface area (Å²) in [4.78, 5) is 46.1. The molecule has 2 aromatic heterocycles. The quantitative estimate of drug-likeness (QED) is 0.0158. The van der Waals surface area contributed by atoms with E-state index in [4.69, 9.17) is 77.1 Å². The van der Waals surface area contributed by atoms with E-state index in [0.717, 1.165) is 0 Å². The number of aromatic hydroxyl groups is 2. The molecule has 0 unspecified atom stereocenters. The van der Waals surface area contributed by atoms with E-state index in [2.05, 4.69) is 9.37 Å². The minimum absolute atomic E-state index is 0.000696. The van der Waals surface area contributed by atoms with Crippen molar-refractivity contribution in [2.45, 2.75) is 43.9 Å². The molecule has 0 aliphatic heterocycles. The number of unbranched alkanes of at least 4 members (excludes halogenated alkanes) is 2. The molecule has 73 heavy (non-hydrogen) atoms. The first-order valence-corrected chi connectivity index (χ1v) is 24.8. The first-order chi connectivity index (χ1) is 35.7. The average Bonchev–Trinajstić information content (AvgIpc) is 3.69. The number of ether oxygens (including phenoxy) is 12. The lowest BCUT2D eigenvalue weighted by molar-refractivity contribution is -0.432. The molecule has 5 N–H and O–H groups in total. The number of carbonyl (C=O) groups excluding carboxylic acids is 2. The van der Waals surface area contributed by atoms with Crippen molar-refractivity contribution >= 4 is 40.6 Å². The predicted octanol–water partition coefficient (Wildman–Crippen LogP) is 2.74. The third-order valence-electron chi connectivity index (χ3n) is 10.2. The molecule has 2 heterocycles. The third-order valence-corrected chi connectivity index (χ3v) is 10.9. The molecule has 0 aliphatic rings. The van der Waals surface area contributed by atoms with Crippen LogP contribution in [-0.2, 0) is 82.2 Å². The number of rotatable bonds is 48. The monoisotopic (exact) mass is 1070 g/mol. The highest BCUT2D eigenvalue weighted by molar-refractivity contribution is 7.94. The third kappa shape index (κ3) is 28.3. The Hall–Kier alpha value is -4.20. The van der Waals surface area contributed by atoms with Crippen molar-refractivity contribution in [1.82, 2.24) is 9.63 Å². The summed E-state index contributed by atoms with van der Waals surface area (Å²) < 4.78 is 76.2. The van der Waals surface area contributed by atoms with Crippen LogP contribution in [0.25, 0.3) is 11.0 Å². The number of benzene rings is 1. The Kier molecular flexibility index (Phi) is 35.5. The van der Waals surface area contributed by atoms with Crippen molar-refractivity contribution in [2.24, 2.45) is 0 Å². The summed E-state index contributed by atoms with van der Waals surface area (Å²) in [5.74, 6) is -1.85. The smallest absolute Gasteiger partial charge is 0.340 e. The van der Waals surface area contributed by atoms with Gasteiger partial charge in [-0.05, 0) is 31.4 Å². The van der Waals surface area contributed by atoms with Gasteiger partial charge in [0.1, 0.15) is 5.58 Å². The second-order valence-corrected chi connectivity index (χ2v) is 16.3. The largest absolute Gasteiger partial charge is 0.492 e. The number of aryl methyl sites for hydroxylation is 1. The van der Waals surface area contributed by atoms with Crippen molar-refractivity contribution in [3.8, 4) is 11.8 Å². The fourth-order valence-electron chi connectivity index (χ4n) is 6.39. The van der Waals surface area contributed by atoms with Gasteiger partial charge in [0.2, 0.25) is 17.7 Å². The summed E-state index contributed by atoms with van der Waals surface area (Å²) in [6, 6.07) is 5.40.